The molecule has 0 radical (unpaired) electrons. The highest BCUT2D eigenvalue weighted by molar-refractivity contribution is 5.86. The van der Waals surface area contributed by atoms with Crippen LogP contribution in [-0.2, 0) is 19.1 Å². The SMILES string of the molecule is COC(=O)C(NC(=O)CC(CN)OC)c1ccccc1.Cl. The molecule has 1 rings (SSSR count). The van der Waals surface area contributed by atoms with Gasteiger partial charge in [-0.15, -0.1) is 12.4 Å². The molecule has 0 aliphatic heterocycles. The zero-order valence-corrected chi connectivity index (χ0v) is 12.9. The molecule has 0 fully saturated rings. The van der Waals surface area contributed by atoms with E-state index in [-0.39, 0.29) is 37.4 Å². The van der Waals surface area contributed by atoms with Crippen LogP contribution in [0, 0.1) is 0 Å². The second-order valence-electron chi connectivity index (χ2n) is 4.23. The van der Waals surface area contributed by atoms with Gasteiger partial charge < -0.3 is 20.5 Å². The fourth-order valence-corrected chi connectivity index (χ4v) is 1.73. The Hall–Kier alpha value is -1.63. The molecule has 2 unspecified atom stereocenters. The highest BCUT2D eigenvalue weighted by Crippen LogP contribution is 2.14. The Labute approximate surface area is 130 Å². The summed E-state index contributed by atoms with van der Waals surface area (Å²) in [5, 5.41) is 2.63. The Morgan fingerprint density at radius 2 is 1.86 bits per heavy atom. The van der Waals surface area contributed by atoms with Gasteiger partial charge in [0.15, 0.2) is 6.04 Å². The number of methoxy groups -OCH3 is 2. The van der Waals surface area contributed by atoms with Crippen LogP contribution >= 0.6 is 12.4 Å². The quantitative estimate of drug-likeness (QED) is 0.726. The van der Waals surface area contributed by atoms with Gasteiger partial charge in [0.2, 0.25) is 5.91 Å². The maximum Gasteiger partial charge on any atom is 0.333 e. The molecule has 1 aromatic carbocycles. The summed E-state index contributed by atoms with van der Waals surface area (Å²) in [7, 11) is 2.77. The smallest absolute Gasteiger partial charge is 0.333 e. The Bertz CT molecular complexity index is 438. The number of carbonyl (C=O) groups excluding carboxylic acids is 2. The van der Waals surface area contributed by atoms with Crippen molar-refractivity contribution in [1.82, 2.24) is 5.32 Å². The van der Waals surface area contributed by atoms with E-state index < -0.39 is 12.0 Å². The molecular formula is C14H21ClN2O4. The molecule has 0 saturated heterocycles. The Morgan fingerprint density at radius 1 is 1.24 bits per heavy atom. The Morgan fingerprint density at radius 3 is 2.33 bits per heavy atom. The average molecular weight is 317 g/mol. The molecular weight excluding hydrogens is 296 g/mol. The summed E-state index contributed by atoms with van der Waals surface area (Å²) in [5.41, 5.74) is 6.12. The van der Waals surface area contributed by atoms with Crippen molar-refractivity contribution in [3.63, 3.8) is 0 Å². The van der Waals surface area contributed by atoms with E-state index in [1.807, 2.05) is 6.07 Å². The first-order valence-electron chi connectivity index (χ1n) is 6.27. The first kappa shape index (κ1) is 19.4. The Balaban J connectivity index is 0.00000400. The van der Waals surface area contributed by atoms with Gasteiger partial charge in [0.25, 0.3) is 0 Å². The lowest BCUT2D eigenvalue weighted by molar-refractivity contribution is -0.145. The summed E-state index contributed by atoms with van der Waals surface area (Å²) in [5.74, 6) is -0.840. The number of ether oxygens (including phenoxy) is 2. The van der Waals surface area contributed by atoms with Crippen LogP contribution < -0.4 is 11.1 Å². The third-order valence-corrected chi connectivity index (χ3v) is 2.88. The minimum atomic E-state index is -0.830. The lowest BCUT2D eigenvalue weighted by atomic mass is 10.1. The summed E-state index contributed by atoms with van der Waals surface area (Å²) in [4.78, 5) is 23.7. The number of amides is 1. The van der Waals surface area contributed by atoms with Crippen LogP contribution in [-0.4, -0.2) is 38.7 Å². The minimum Gasteiger partial charge on any atom is -0.467 e. The van der Waals surface area contributed by atoms with E-state index in [1.165, 1.54) is 14.2 Å². The van der Waals surface area contributed by atoms with Crippen LogP contribution in [0.2, 0.25) is 0 Å². The molecule has 0 aromatic heterocycles. The molecule has 0 aliphatic rings. The highest BCUT2D eigenvalue weighted by atomic mass is 35.5. The zero-order valence-electron chi connectivity index (χ0n) is 12.1. The number of halogens is 1. The monoisotopic (exact) mass is 316 g/mol. The lowest BCUT2D eigenvalue weighted by Gasteiger charge is -2.18. The van der Waals surface area contributed by atoms with Gasteiger partial charge in [-0.05, 0) is 5.56 Å². The summed E-state index contributed by atoms with van der Waals surface area (Å²) in [6.07, 6.45) is -0.281. The molecule has 0 saturated carbocycles. The topological polar surface area (TPSA) is 90.7 Å². The van der Waals surface area contributed by atoms with Crippen LogP contribution in [0.4, 0.5) is 0 Å². The van der Waals surface area contributed by atoms with Gasteiger partial charge in [0, 0.05) is 13.7 Å². The molecule has 1 aromatic rings. The molecule has 21 heavy (non-hydrogen) atoms. The van der Waals surface area contributed by atoms with Crippen molar-refractivity contribution in [2.75, 3.05) is 20.8 Å². The average Bonchev–Trinajstić information content (AvgIpc) is 2.50. The fourth-order valence-electron chi connectivity index (χ4n) is 1.73. The molecule has 1 amide bonds. The van der Waals surface area contributed by atoms with E-state index in [1.54, 1.807) is 24.3 Å². The maximum absolute atomic E-state index is 11.9. The number of rotatable bonds is 7. The molecule has 7 heteroatoms. The first-order chi connectivity index (χ1) is 9.62. The van der Waals surface area contributed by atoms with Gasteiger partial charge in [0.05, 0.1) is 19.6 Å². The van der Waals surface area contributed by atoms with Crippen LogP contribution in [0.15, 0.2) is 30.3 Å². The molecule has 0 bridgehead atoms. The third kappa shape index (κ3) is 6.12. The number of hydrogen-bond donors (Lipinski definition) is 2. The van der Waals surface area contributed by atoms with Gasteiger partial charge in [-0.1, -0.05) is 30.3 Å². The van der Waals surface area contributed by atoms with Crippen LogP contribution in [0.5, 0.6) is 0 Å². The van der Waals surface area contributed by atoms with E-state index in [0.717, 1.165) is 0 Å². The van der Waals surface area contributed by atoms with Crippen molar-refractivity contribution in [3.05, 3.63) is 35.9 Å². The summed E-state index contributed by atoms with van der Waals surface area (Å²) >= 11 is 0. The number of carbonyl (C=O) groups is 2. The largest absolute Gasteiger partial charge is 0.467 e. The maximum atomic E-state index is 11.9. The van der Waals surface area contributed by atoms with E-state index >= 15 is 0 Å². The highest BCUT2D eigenvalue weighted by Gasteiger charge is 2.24. The fraction of sp³-hybridized carbons (Fsp3) is 0.429. The molecule has 2 atom stereocenters. The summed E-state index contributed by atoms with van der Waals surface area (Å²) in [6.45, 7) is 0.234. The van der Waals surface area contributed by atoms with E-state index in [4.69, 9.17) is 15.2 Å². The number of esters is 1. The summed E-state index contributed by atoms with van der Waals surface area (Å²) in [6, 6.07) is 8.07. The van der Waals surface area contributed by atoms with Crippen molar-refractivity contribution in [3.8, 4) is 0 Å². The van der Waals surface area contributed by atoms with Crippen molar-refractivity contribution in [1.29, 1.82) is 0 Å². The van der Waals surface area contributed by atoms with Crippen molar-refractivity contribution in [2.45, 2.75) is 18.6 Å². The van der Waals surface area contributed by atoms with Gasteiger partial charge in [-0.3, -0.25) is 4.79 Å². The number of nitrogens with two attached hydrogens (primary N) is 1. The number of benzene rings is 1. The predicted molar refractivity (Wildman–Crippen MR) is 81.1 cm³/mol. The van der Waals surface area contributed by atoms with Crippen LogP contribution in [0.1, 0.15) is 18.0 Å². The molecule has 3 N–H and O–H groups in total. The minimum absolute atomic E-state index is 0. The van der Waals surface area contributed by atoms with Crippen LogP contribution in [0.3, 0.4) is 0 Å². The van der Waals surface area contributed by atoms with E-state index in [0.29, 0.717) is 5.56 Å². The van der Waals surface area contributed by atoms with E-state index in [9.17, 15) is 9.59 Å². The van der Waals surface area contributed by atoms with Gasteiger partial charge in [-0.2, -0.15) is 0 Å². The van der Waals surface area contributed by atoms with Crippen LogP contribution in [0.25, 0.3) is 0 Å². The molecule has 6 nitrogen and oxygen atoms in total. The Kier molecular flexibility index (Phi) is 9.36. The molecule has 0 aliphatic carbocycles. The van der Waals surface area contributed by atoms with Gasteiger partial charge >= 0.3 is 5.97 Å². The molecule has 0 spiro atoms. The van der Waals surface area contributed by atoms with Crippen molar-refractivity contribution in [2.24, 2.45) is 5.73 Å². The van der Waals surface area contributed by atoms with Crippen molar-refractivity contribution < 1.29 is 19.1 Å². The second kappa shape index (κ2) is 10.1. The first-order valence-corrected chi connectivity index (χ1v) is 6.27. The molecule has 118 valence electrons. The van der Waals surface area contributed by atoms with E-state index in [2.05, 4.69) is 5.32 Å². The third-order valence-electron chi connectivity index (χ3n) is 2.88. The second-order valence-corrected chi connectivity index (χ2v) is 4.23. The summed E-state index contributed by atoms with van der Waals surface area (Å²) < 4.78 is 9.76. The normalized spacial score (nSPS) is 12.7. The zero-order chi connectivity index (χ0) is 15.0. The van der Waals surface area contributed by atoms with Gasteiger partial charge in [0.1, 0.15) is 0 Å². The predicted octanol–water partition coefficient (Wildman–Crippen LogP) is 0.803. The standard InChI is InChI=1S/C14H20N2O4.ClH/c1-19-11(9-15)8-12(17)16-13(14(18)20-2)10-6-4-3-5-7-10;/h3-7,11,13H,8-9,15H2,1-2H3,(H,16,17);1H. The number of hydrogen-bond acceptors (Lipinski definition) is 5. The van der Waals surface area contributed by atoms with Crippen molar-refractivity contribution >= 4 is 24.3 Å². The number of nitrogens with one attached hydrogen (secondary N) is 1. The van der Waals surface area contributed by atoms with Gasteiger partial charge in [-0.25, -0.2) is 4.79 Å². The molecule has 0 heterocycles. The lowest BCUT2D eigenvalue weighted by Crippen LogP contribution is -2.37.